The Labute approximate surface area is 155 Å². The summed E-state index contributed by atoms with van der Waals surface area (Å²) in [6.45, 7) is 12.0. The van der Waals surface area contributed by atoms with Gasteiger partial charge in [-0.25, -0.2) is 0 Å². The monoisotopic (exact) mass is 338 g/mol. The second-order valence-electron chi connectivity index (χ2n) is 8.74. The maximum Gasteiger partial charge on any atom is -0.0415 e. The van der Waals surface area contributed by atoms with Gasteiger partial charge in [-0.3, -0.25) is 0 Å². The highest BCUT2D eigenvalue weighted by molar-refractivity contribution is 4.65. The SMILES string of the molecule is CCCCCCCCCCCCCCCC(C)CC(C)C(C)CC. The Morgan fingerprint density at radius 2 is 0.917 bits per heavy atom. The number of rotatable bonds is 18. The summed E-state index contributed by atoms with van der Waals surface area (Å²) in [6.07, 6.45) is 23.3. The van der Waals surface area contributed by atoms with E-state index in [4.69, 9.17) is 0 Å². The molecule has 0 nitrogen and oxygen atoms in total. The maximum atomic E-state index is 2.47. The van der Waals surface area contributed by atoms with Gasteiger partial charge in [-0.2, -0.15) is 0 Å². The minimum absolute atomic E-state index is 0.902. The van der Waals surface area contributed by atoms with E-state index < -0.39 is 0 Å². The van der Waals surface area contributed by atoms with Crippen LogP contribution in [0.5, 0.6) is 0 Å². The van der Waals surface area contributed by atoms with Gasteiger partial charge in [-0.05, 0) is 24.2 Å². The lowest BCUT2D eigenvalue weighted by Gasteiger charge is -2.22. The van der Waals surface area contributed by atoms with E-state index in [2.05, 4.69) is 34.6 Å². The van der Waals surface area contributed by atoms with Crippen molar-refractivity contribution >= 4 is 0 Å². The summed E-state index contributed by atoms with van der Waals surface area (Å²) in [7, 11) is 0. The van der Waals surface area contributed by atoms with Gasteiger partial charge in [0.15, 0.2) is 0 Å². The number of hydrogen-bond donors (Lipinski definition) is 0. The largest absolute Gasteiger partial charge is 0.0654 e. The second-order valence-corrected chi connectivity index (χ2v) is 8.74. The lowest BCUT2D eigenvalue weighted by molar-refractivity contribution is 0.294. The van der Waals surface area contributed by atoms with Crippen LogP contribution in [0.3, 0.4) is 0 Å². The molecular formula is C24H50. The lowest BCUT2D eigenvalue weighted by Crippen LogP contribution is -2.11. The highest BCUT2D eigenvalue weighted by Gasteiger charge is 2.13. The Kier molecular flexibility index (Phi) is 17.8. The van der Waals surface area contributed by atoms with Crippen LogP contribution in [-0.4, -0.2) is 0 Å². The molecule has 0 N–H and O–H groups in total. The van der Waals surface area contributed by atoms with Crippen LogP contribution in [0.15, 0.2) is 0 Å². The molecule has 0 aliphatic heterocycles. The van der Waals surface area contributed by atoms with Crippen molar-refractivity contribution in [2.75, 3.05) is 0 Å². The zero-order valence-electron chi connectivity index (χ0n) is 18.0. The van der Waals surface area contributed by atoms with E-state index in [0.717, 1.165) is 17.8 Å². The molecule has 0 spiro atoms. The highest BCUT2D eigenvalue weighted by atomic mass is 14.2. The van der Waals surface area contributed by atoms with Gasteiger partial charge in [-0.1, -0.05) is 131 Å². The first-order chi connectivity index (χ1) is 11.6. The third-order valence-corrected chi connectivity index (χ3v) is 6.19. The summed E-state index contributed by atoms with van der Waals surface area (Å²) >= 11 is 0. The molecule has 0 aromatic rings. The molecule has 146 valence electrons. The first-order valence-corrected chi connectivity index (χ1v) is 11.6. The first kappa shape index (κ1) is 24.0. The molecule has 24 heavy (non-hydrogen) atoms. The van der Waals surface area contributed by atoms with Crippen molar-refractivity contribution in [3.63, 3.8) is 0 Å². The standard InChI is InChI=1S/C24H50/c1-6-8-9-10-11-12-13-14-15-16-17-18-19-20-22(3)21-24(5)23(4)7-2/h22-24H,6-21H2,1-5H3. The van der Waals surface area contributed by atoms with E-state index >= 15 is 0 Å². The van der Waals surface area contributed by atoms with Gasteiger partial charge in [0.1, 0.15) is 0 Å². The zero-order chi connectivity index (χ0) is 18.0. The van der Waals surface area contributed by atoms with Crippen molar-refractivity contribution in [2.45, 2.75) is 137 Å². The van der Waals surface area contributed by atoms with E-state index in [9.17, 15) is 0 Å². The molecule has 3 unspecified atom stereocenters. The quantitative estimate of drug-likeness (QED) is 0.218. The van der Waals surface area contributed by atoms with E-state index in [0.29, 0.717) is 0 Å². The van der Waals surface area contributed by atoms with Gasteiger partial charge in [0.05, 0.1) is 0 Å². The molecule has 0 amide bonds. The molecule has 0 rings (SSSR count). The van der Waals surface area contributed by atoms with Crippen LogP contribution >= 0.6 is 0 Å². The summed E-state index contributed by atoms with van der Waals surface area (Å²) in [5.41, 5.74) is 0. The van der Waals surface area contributed by atoms with E-state index in [1.807, 2.05) is 0 Å². The molecular weight excluding hydrogens is 288 g/mol. The fourth-order valence-corrected chi connectivity index (χ4v) is 3.90. The third-order valence-electron chi connectivity index (χ3n) is 6.19. The van der Waals surface area contributed by atoms with Gasteiger partial charge in [0.25, 0.3) is 0 Å². The van der Waals surface area contributed by atoms with Gasteiger partial charge in [0, 0.05) is 0 Å². The summed E-state index contributed by atoms with van der Waals surface area (Å²) in [4.78, 5) is 0. The molecule has 0 radical (unpaired) electrons. The fraction of sp³-hybridized carbons (Fsp3) is 1.00. The highest BCUT2D eigenvalue weighted by Crippen LogP contribution is 2.25. The minimum atomic E-state index is 0.902. The second kappa shape index (κ2) is 17.8. The van der Waals surface area contributed by atoms with Gasteiger partial charge < -0.3 is 0 Å². The maximum absolute atomic E-state index is 2.47. The Hall–Kier alpha value is 0. The van der Waals surface area contributed by atoms with Crippen molar-refractivity contribution in [1.82, 2.24) is 0 Å². The summed E-state index contributed by atoms with van der Waals surface area (Å²) in [6, 6.07) is 0. The van der Waals surface area contributed by atoms with Crippen LogP contribution < -0.4 is 0 Å². The summed E-state index contributed by atoms with van der Waals surface area (Å²) in [5, 5.41) is 0. The Bertz CT molecular complexity index is 232. The van der Waals surface area contributed by atoms with Crippen molar-refractivity contribution in [3.05, 3.63) is 0 Å². The van der Waals surface area contributed by atoms with Gasteiger partial charge in [-0.15, -0.1) is 0 Å². The van der Waals surface area contributed by atoms with Crippen LogP contribution in [0.4, 0.5) is 0 Å². The van der Waals surface area contributed by atoms with E-state index in [-0.39, 0.29) is 0 Å². The number of unbranched alkanes of at least 4 members (excludes halogenated alkanes) is 12. The Morgan fingerprint density at radius 1 is 0.500 bits per heavy atom. The third kappa shape index (κ3) is 15.5. The zero-order valence-corrected chi connectivity index (χ0v) is 18.0. The average molecular weight is 339 g/mol. The van der Waals surface area contributed by atoms with Crippen LogP contribution in [0, 0.1) is 17.8 Å². The van der Waals surface area contributed by atoms with Gasteiger partial charge >= 0.3 is 0 Å². The molecule has 0 bridgehead atoms. The van der Waals surface area contributed by atoms with E-state index in [1.165, 1.54) is 103 Å². The number of hydrogen-bond acceptors (Lipinski definition) is 0. The minimum Gasteiger partial charge on any atom is -0.0654 e. The summed E-state index contributed by atoms with van der Waals surface area (Å²) in [5.74, 6) is 2.74. The molecule has 3 atom stereocenters. The molecule has 0 heterocycles. The fourth-order valence-electron chi connectivity index (χ4n) is 3.90. The van der Waals surface area contributed by atoms with Crippen molar-refractivity contribution in [3.8, 4) is 0 Å². The van der Waals surface area contributed by atoms with Crippen molar-refractivity contribution in [2.24, 2.45) is 17.8 Å². The van der Waals surface area contributed by atoms with E-state index in [1.54, 1.807) is 0 Å². The average Bonchev–Trinajstić information content (AvgIpc) is 2.58. The van der Waals surface area contributed by atoms with Crippen LogP contribution in [0.25, 0.3) is 0 Å². The normalized spacial score (nSPS) is 15.4. The molecule has 0 saturated heterocycles. The predicted molar refractivity (Wildman–Crippen MR) is 113 cm³/mol. The van der Waals surface area contributed by atoms with Crippen LogP contribution in [0.2, 0.25) is 0 Å². The molecule has 0 aliphatic rings. The first-order valence-electron chi connectivity index (χ1n) is 11.6. The molecule has 0 saturated carbocycles. The Balaban J connectivity index is 3.24. The molecule has 0 heteroatoms. The molecule has 0 aromatic carbocycles. The molecule has 0 aliphatic carbocycles. The summed E-state index contributed by atoms with van der Waals surface area (Å²) < 4.78 is 0. The molecule has 0 fully saturated rings. The lowest BCUT2D eigenvalue weighted by atomic mass is 9.84. The predicted octanol–water partition coefficient (Wildman–Crippen LogP) is 9.18. The molecule has 0 aromatic heterocycles. The Morgan fingerprint density at radius 3 is 1.33 bits per heavy atom. The van der Waals surface area contributed by atoms with Crippen LogP contribution in [-0.2, 0) is 0 Å². The van der Waals surface area contributed by atoms with Crippen molar-refractivity contribution in [1.29, 1.82) is 0 Å². The van der Waals surface area contributed by atoms with Crippen LogP contribution in [0.1, 0.15) is 137 Å². The van der Waals surface area contributed by atoms with Crippen molar-refractivity contribution < 1.29 is 0 Å². The topological polar surface area (TPSA) is 0 Å². The van der Waals surface area contributed by atoms with Gasteiger partial charge in [0.2, 0.25) is 0 Å². The smallest absolute Gasteiger partial charge is 0.0415 e.